The van der Waals surface area contributed by atoms with Crippen LogP contribution in [-0.2, 0) is 6.42 Å². The molecule has 0 saturated carbocycles. The first-order chi connectivity index (χ1) is 9.78. The molecule has 0 aliphatic carbocycles. The number of aromatic nitrogens is 2. The smallest absolute Gasteiger partial charge is 0.258 e. The number of nitrogens with zero attached hydrogens (tertiary/aromatic N) is 2. The summed E-state index contributed by atoms with van der Waals surface area (Å²) in [7, 11) is 0. The maximum Gasteiger partial charge on any atom is 0.258 e. The minimum absolute atomic E-state index is 0.502. The number of hydrogen-bond acceptors (Lipinski definition) is 3. The van der Waals surface area contributed by atoms with Crippen LogP contribution in [0.15, 0.2) is 53.1 Å². The lowest BCUT2D eigenvalue weighted by atomic mass is 10.1. The Morgan fingerprint density at radius 3 is 2.50 bits per heavy atom. The molecule has 1 heterocycles. The van der Waals surface area contributed by atoms with Crippen LogP contribution in [0.2, 0.25) is 5.02 Å². The van der Waals surface area contributed by atoms with Gasteiger partial charge in [-0.15, -0.1) is 0 Å². The van der Waals surface area contributed by atoms with Gasteiger partial charge in [-0.05, 0) is 36.2 Å². The fraction of sp³-hybridized carbons (Fsp3) is 0.125. The fourth-order valence-corrected chi connectivity index (χ4v) is 2.20. The van der Waals surface area contributed by atoms with Gasteiger partial charge in [-0.1, -0.05) is 47.9 Å². The first kappa shape index (κ1) is 12.9. The Hall–Kier alpha value is -2.13. The van der Waals surface area contributed by atoms with Crippen LogP contribution in [0.25, 0.3) is 22.8 Å². The lowest BCUT2D eigenvalue weighted by molar-refractivity contribution is 0.432. The Labute approximate surface area is 122 Å². The number of hydrogen-bond donors (Lipinski definition) is 0. The Balaban J connectivity index is 1.95. The van der Waals surface area contributed by atoms with E-state index in [1.807, 2.05) is 36.4 Å². The molecular weight excluding hydrogens is 272 g/mol. The molecule has 0 radical (unpaired) electrons. The standard InChI is InChI=1S/C16H13ClN2O/c1-2-11-7-9-12(10-8-11)16-18-15(19-20-16)13-5-3-4-6-14(13)17/h3-10H,2H2,1H3. The van der Waals surface area contributed by atoms with Crippen molar-refractivity contribution in [1.82, 2.24) is 10.1 Å². The minimum Gasteiger partial charge on any atom is -0.334 e. The predicted octanol–water partition coefficient (Wildman–Crippen LogP) is 4.62. The molecule has 3 aromatic rings. The van der Waals surface area contributed by atoms with Gasteiger partial charge in [0.2, 0.25) is 5.82 Å². The molecule has 0 unspecified atom stereocenters. The zero-order valence-electron chi connectivity index (χ0n) is 11.0. The van der Waals surface area contributed by atoms with Crippen LogP contribution in [0.5, 0.6) is 0 Å². The molecule has 2 aromatic carbocycles. The molecule has 1 aromatic heterocycles. The summed E-state index contributed by atoms with van der Waals surface area (Å²) in [5, 5.41) is 4.61. The largest absolute Gasteiger partial charge is 0.334 e. The maximum atomic E-state index is 6.13. The second-order valence-corrected chi connectivity index (χ2v) is 4.86. The van der Waals surface area contributed by atoms with Crippen LogP contribution in [0.3, 0.4) is 0 Å². The number of halogens is 1. The third-order valence-corrected chi connectivity index (χ3v) is 3.48. The molecule has 0 fully saturated rings. The molecule has 100 valence electrons. The van der Waals surface area contributed by atoms with E-state index in [2.05, 4.69) is 29.2 Å². The molecule has 20 heavy (non-hydrogen) atoms. The molecule has 0 spiro atoms. The zero-order chi connectivity index (χ0) is 13.9. The molecule has 0 atom stereocenters. The van der Waals surface area contributed by atoms with Crippen LogP contribution >= 0.6 is 11.6 Å². The van der Waals surface area contributed by atoms with E-state index in [1.165, 1.54) is 5.56 Å². The third kappa shape index (κ3) is 2.45. The van der Waals surface area contributed by atoms with E-state index in [-0.39, 0.29) is 0 Å². The van der Waals surface area contributed by atoms with Crippen LogP contribution < -0.4 is 0 Å². The van der Waals surface area contributed by atoms with Crippen molar-refractivity contribution in [2.75, 3.05) is 0 Å². The predicted molar refractivity (Wildman–Crippen MR) is 79.6 cm³/mol. The highest BCUT2D eigenvalue weighted by Gasteiger charge is 2.12. The van der Waals surface area contributed by atoms with E-state index >= 15 is 0 Å². The molecule has 0 aliphatic heterocycles. The van der Waals surface area contributed by atoms with Crippen LogP contribution in [0.1, 0.15) is 12.5 Å². The van der Waals surface area contributed by atoms with Gasteiger partial charge in [0, 0.05) is 11.1 Å². The summed E-state index contributed by atoms with van der Waals surface area (Å²) < 4.78 is 5.31. The van der Waals surface area contributed by atoms with Crippen molar-refractivity contribution >= 4 is 11.6 Å². The minimum atomic E-state index is 0.502. The van der Waals surface area contributed by atoms with E-state index in [9.17, 15) is 0 Å². The number of benzene rings is 2. The fourth-order valence-electron chi connectivity index (χ4n) is 1.98. The first-order valence-electron chi connectivity index (χ1n) is 6.46. The molecule has 3 rings (SSSR count). The van der Waals surface area contributed by atoms with E-state index in [4.69, 9.17) is 16.1 Å². The van der Waals surface area contributed by atoms with Gasteiger partial charge >= 0.3 is 0 Å². The van der Waals surface area contributed by atoms with Gasteiger partial charge in [0.25, 0.3) is 5.89 Å². The Bertz CT molecular complexity index is 719. The van der Waals surface area contributed by atoms with Crippen molar-refractivity contribution in [3.8, 4) is 22.8 Å². The summed E-state index contributed by atoms with van der Waals surface area (Å²) in [6.07, 6.45) is 1.01. The van der Waals surface area contributed by atoms with Crippen LogP contribution in [0.4, 0.5) is 0 Å². The third-order valence-electron chi connectivity index (χ3n) is 3.15. The summed E-state index contributed by atoms with van der Waals surface area (Å²) in [6, 6.07) is 15.6. The maximum absolute atomic E-state index is 6.13. The lowest BCUT2D eigenvalue weighted by Crippen LogP contribution is -1.83. The Kier molecular flexibility index (Phi) is 3.52. The highest BCUT2D eigenvalue weighted by atomic mass is 35.5. The van der Waals surface area contributed by atoms with E-state index in [0.717, 1.165) is 17.5 Å². The van der Waals surface area contributed by atoms with Gasteiger partial charge in [0.05, 0.1) is 5.02 Å². The van der Waals surface area contributed by atoms with Crippen molar-refractivity contribution in [2.45, 2.75) is 13.3 Å². The quantitative estimate of drug-likeness (QED) is 0.704. The van der Waals surface area contributed by atoms with Crippen LogP contribution in [0, 0.1) is 0 Å². The second-order valence-electron chi connectivity index (χ2n) is 4.45. The van der Waals surface area contributed by atoms with Crippen molar-refractivity contribution in [3.63, 3.8) is 0 Å². The zero-order valence-corrected chi connectivity index (χ0v) is 11.8. The average Bonchev–Trinajstić information content (AvgIpc) is 2.97. The summed E-state index contributed by atoms with van der Waals surface area (Å²) in [6.45, 7) is 2.12. The van der Waals surface area contributed by atoms with Gasteiger partial charge in [-0.2, -0.15) is 4.98 Å². The van der Waals surface area contributed by atoms with Gasteiger partial charge in [0.15, 0.2) is 0 Å². The Morgan fingerprint density at radius 1 is 1.05 bits per heavy atom. The van der Waals surface area contributed by atoms with Gasteiger partial charge in [-0.3, -0.25) is 0 Å². The molecule has 0 saturated heterocycles. The van der Waals surface area contributed by atoms with Crippen molar-refractivity contribution in [1.29, 1.82) is 0 Å². The second kappa shape index (κ2) is 5.47. The number of aryl methyl sites for hydroxylation is 1. The highest BCUT2D eigenvalue weighted by molar-refractivity contribution is 6.33. The van der Waals surface area contributed by atoms with Gasteiger partial charge in [-0.25, -0.2) is 0 Å². The number of rotatable bonds is 3. The van der Waals surface area contributed by atoms with Gasteiger partial charge < -0.3 is 4.52 Å². The van der Waals surface area contributed by atoms with E-state index in [0.29, 0.717) is 16.7 Å². The monoisotopic (exact) mass is 284 g/mol. The van der Waals surface area contributed by atoms with E-state index < -0.39 is 0 Å². The SMILES string of the molecule is CCc1ccc(-c2nc(-c3ccccc3Cl)no2)cc1. The molecule has 0 bridgehead atoms. The van der Waals surface area contributed by atoms with Crippen molar-refractivity contribution in [2.24, 2.45) is 0 Å². The summed E-state index contributed by atoms with van der Waals surface area (Å²) in [5.41, 5.74) is 2.96. The first-order valence-corrected chi connectivity index (χ1v) is 6.83. The van der Waals surface area contributed by atoms with E-state index in [1.54, 1.807) is 0 Å². The average molecular weight is 285 g/mol. The normalized spacial score (nSPS) is 10.7. The molecule has 3 nitrogen and oxygen atoms in total. The van der Waals surface area contributed by atoms with Crippen LogP contribution in [-0.4, -0.2) is 10.1 Å². The molecule has 0 aliphatic rings. The van der Waals surface area contributed by atoms with Crippen molar-refractivity contribution in [3.05, 3.63) is 59.1 Å². The summed E-state index contributed by atoms with van der Waals surface area (Å²) in [4.78, 5) is 4.40. The van der Waals surface area contributed by atoms with Gasteiger partial charge in [0.1, 0.15) is 0 Å². The molecule has 4 heteroatoms. The molecular formula is C16H13ClN2O. The summed E-state index contributed by atoms with van der Waals surface area (Å²) >= 11 is 6.13. The molecule has 0 amide bonds. The van der Waals surface area contributed by atoms with Crippen molar-refractivity contribution < 1.29 is 4.52 Å². The summed E-state index contributed by atoms with van der Waals surface area (Å²) in [5.74, 6) is 1.01. The lowest BCUT2D eigenvalue weighted by Gasteiger charge is -1.97. The highest BCUT2D eigenvalue weighted by Crippen LogP contribution is 2.27. The molecule has 0 N–H and O–H groups in total. The Morgan fingerprint density at radius 2 is 1.80 bits per heavy atom. The topological polar surface area (TPSA) is 38.9 Å².